The molecule has 2 aliphatic rings. The number of fused-ring (bicyclic) bond motifs is 1. The van der Waals surface area contributed by atoms with E-state index >= 15 is 0 Å². The van der Waals surface area contributed by atoms with E-state index in [9.17, 15) is 18.8 Å². The second kappa shape index (κ2) is 7.96. The largest absolute Gasteiger partial charge is 0.482 e. The van der Waals surface area contributed by atoms with Crippen LogP contribution in [0.4, 0.5) is 10.1 Å². The van der Waals surface area contributed by atoms with Crippen LogP contribution in [0.25, 0.3) is 11.1 Å². The third-order valence-corrected chi connectivity index (χ3v) is 5.34. The average Bonchev–Trinajstić information content (AvgIpc) is 3.21. The fourth-order valence-corrected chi connectivity index (χ4v) is 3.79. The Morgan fingerprint density at radius 2 is 1.88 bits per heavy atom. The summed E-state index contributed by atoms with van der Waals surface area (Å²) in [5.74, 6) is -1.75. The van der Waals surface area contributed by atoms with Gasteiger partial charge in [-0.1, -0.05) is 12.1 Å². The van der Waals surface area contributed by atoms with Gasteiger partial charge in [-0.15, -0.1) is 0 Å². The van der Waals surface area contributed by atoms with Crippen LogP contribution in [0, 0.1) is 5.82 Å². The zero-order valence-corrected chi connectivity index (χ0v) is 17.5. The Hall–Kier alpha value is -3.94. The zero-order chi connectivity index (χ0) is 23.0. The zero-order valence-electron chi connectivity index (χ0n) is 17.5. The minimum atomic E-state index is -0.982. The van der Waals surface area contributed by atoms with Crippen molar-refractivity contribution in [2.24, 2.45) is 0 Å². The van der Waals surface area contributed by atoms with Gasteiger partial charge in [-0.2, -0.15) is 0 Å². The van der Waals surface area contributed by atoms with Crippen LogP contribution in [0.3, 0.4) is 0 Å². The molecule has 8 heteroatoms. The lowest BCUT2D eigenvalue weighted by atomic mass is 9.91. The number of amides is 2. The van der Waals surface area contributed by atoms with Crippen LogP contribution in [0.2, 0.25) is 0 Å². The SMILES string of the molecule is CC1(C)O/C(=C2/C(=O)Nc3cc(F)ccc32)C=C1c1ccc(C(=O)NCCC(=O)O)cc1. The Labute approximate surface area is 183 Å². The highest BCUT2D eigenvalue weighted by molar-refractivity contribution is 6.32. The maximum absolute atomic E-state index is 13.5. The number of allylic oxidation sites excluding steroid dienone is 1. The van der Waals surface area contributed by atoms with Gasteiger partial charge in [0.05, 0.1) is 17.7 Å². The van der Waals surface area contributed by atoms with E-state index in [4.69, 9.17) is 9.84 Å². The second-order valence-electron chi connectivity index (χ2n) is 8.03. The van der Waals surface area contributed by atoms with Gasteiger partial charge >= 0.3 is 5.97 Å². The van der Waals surface area contributed by atoms with Crippen LogP contribution in [0.1, 0.15) is 41.8 Å². The summed E-state index contributed by atoms with van der Waals surface area (Å²) in [5, 5.41) is 13.9. The molecule has 0 saturated heterocycles. The summed E-state index contributed by atoms with van der Waals surface area (Å²) in [6, 6.07) is 11.0. The molecule has 0 fully saturated rings. The fourth-order valence-electron chi connectivity index (χ4n) is 3.79. The van der Waals surface area contributed by atoms with E-state index in [1.807, 2.05) is 13.8 Å². The Morgan fingerprint density at radius 1 is 1.16 bits per heavy atom. The molecule has 0 aliphatic carbocycles. The van der Waals surface area contributed by atoms with E-state index in [2.05, 4.69) is 10.6 Å². The molecule has 0 unspecified atom stereocenters. The normalized spacial score (nSPS) is 18.5. The number of aliphatic carboxylic acids is 1. The first kappa shape index (κ1) is 21.3. The van der Waals surface area contributed by atoms with Gasteiger partial charge in [0.2, 0.25) is 0 Å². The van der Waals surface area contributed by atoms with Crippen LogP contribution < -0.4 is 10.6 Å². The number of carboxylic acids is 1. The quantitative estimate of drug-likeness (QED) is 0.622. The second-order valence-corrected chi connectivity index (χ2v) is 8.03. The minimum absolute atomic E-state index is 0.0479. The maximum Gasteiger partial charge on any atom is 0.305 e. The number of ether oxygens (including phenoxy) is 1. The first-order valence-electron chi connectivity index (χ1n) is 10.0. The molecule has 0 saturated carbocycles. The molecule has 4 rings (SSSR count). The molecule has 7 nitrogen and oxygen atoms in total. The topological polar surface area (TPSA) is 105 Å². The molecule has 0 atom stereocenters. The van der Waals surface area contributed by atoms with Crippen LogP contribution in [-0.2, 0) is 14.3 Å². The average molecular weight is 436 g/mol. The van der Waals surface area contributed by atoms with Crippen LogP contribution in [-0.4, -0.2) is 35.0 Å². The molecule has 0 radical (unpaired) electrons. The van der Waals surface area contributed by atoms with Crippen LogP contribution in [0.5, 0.6) is 0 Å². The van der Waals surface area contributed by atoms with E-state index < -0.39 is 17.4 Å². The highest BCUT2D eigenvalue weighted by Crippen LogP contribution is 2.44. The van der Waals surface area contributed by atoms with Gasteiger partial charge in [-0.25, -0.2) is 4.39 Å². The third kappa shape index (κ3) is 3.99. The Balaban J connectivity index is 1.62. The van der Waals surface area contributed by atoms with Crippen LogP contribution in [0.15, 0.2) is 54.3 Å². The van der Waals surface area contributed by atoms with Crippen molar-refractivity contribution < 1.29 is 28.6 Å². The van der Waals surface area contributed by atoms with Gasteiger partial charge in [0.15, 0.2) is 0 Å². The highest BCUT2D eigenvalue weighted by atomic mass is 19.1. The third-order valence-electron chi connectivity index (χ3n) is 5.34. The lowest BCUT2D eigenvalue weighted by Gasteiger charge is -2.23. The molecule has 32 heavy (non-hydrogen) atoms. The molecular formula is C24H21FN2O5. The number of carbonyl (C=O) groups excluding carboxylic acids is 2. The van der Waals surface area contributed by atoms with Gasteiger partial charge < -0.3 is 20.5 Å². The number of hydrogen-bond donors (Lipinski definition) is 3. The number of benzene rings is 2. The van der Waals surface area contributed by atoms with E-state index in [1.54, 1.807) is 36.4 Å². The molecular weight excluding hydrogens is 415 g/mol. The summed E-state index contributed by atoms with van der Waals surface area (Å²) >= 11 is 0. The lowest BCUT2D eigenvalue weighted by Crippen LogP contribution is -2.26. The minimum Gasteiger partial charge on any atom is -0.482 e. The number of hydrogen-bond acceptors (Lipinski definition) is 4. The van der Waals surface area contributed by atoms with Crippen molar-refractivity contribution in [2.75, 3.05) is 11.9 Å². The summed E-state index contributed by atoms with van der Waals surface area (Å²) < 4.78 is 19.6. The number of anilines is 1. The first-order chi connectivity index (χ1) is 15.2. The maximum atomic E-state index is 13.5. The molecule has 0 spiro atoms. The van der Waals surface area contributed by atoms with E-state index in [-0.39, 0.29) is 24.8 Å². The van der Waals surface area contributed by atoms with Crippen molar-refractivity contribution >= 4 is 34.6 Å². The van der Waals surface area contributed by atoms with Crippen molar-refractivity contribution in [1.82, 2.24) is 5.32 Å². The molecule has 2 amide bonds. The molecule has 0 aromatic heterocycles. The molecule has 2 aliphatic heterocycles. The van der Waals surface area contributed by atoms with Crippen molar-refractivity contribution in [3.8, 4) is 0 Å². The number of halogens is 1. The Bertz CT molecular complexity index is 1200. The Kier molecular flexibility index (Phi) is 5.30. The number of rotatable bonds is 5. The summed E-state index contributed by atoms with van der Waals surface area (Å²) in [4.78, 5) is 35.3. The van der Waals surface area contributed by atoms with E-state index in [0.717, 1.165) is 11.1 Å². The molecule has 164 valence electrons. The van der Waals surface area contributed by atoms with Crippen molar-refractivity contribution in [2.45, 2.75) is 25.9 Å². The van der Waals surface area contributed by atoms with E-state index in [1.165, 1.54) is 12.1 Å². The molecule has 0 bridgehead atoms. The summed E-state index contributed by atoms with van der Waals surface area (Å²) in [5.41, 5.74) is 2.62. The molecule has 2 aromatic rings. The van der Waals surface area contributed by atoms with Crippen molar-refractivity contribution in [3.05, 3.63) is 76.8 Å². The van der Waals surface area contributed by atoms with Gasteiger partial charge in [0.25, 0.3) is 11.8 Å². The highest BCUT2D eigenvalue weighted by Gasteiger charge is 2.38. The van der Waals surface area contributed by atoms with Crippen molar-refractivity contribution in [1.29, 1.82) is 0 Å². The van der Waals surface area contributed by atoms with Gasteiger partial charge in [0.1, 0.15) is 17.2 Å². The molecule has 3 N–H and O–H groups in total. The van der Waals surface area contributed by atoms with Crippen molar-refractivity contribution in [3.63, 3.8) is 0 Å². The van der Waals surface area contributed by atoms with E-state index in [0.29, 0.717) is 28.1 Å². The summed E-state index contributed by atoms with van der Waals surface area (Å²) in [7, 11) is 0. The number of nitrogens with one attached hydrogen (secondary N) is 2. The number of carboxylic acid groups (broad SMARTS) is 1. The molecule has 2 heterocycles. The number of carbonyl (C=O) groups is 3. The fraction of sp³-hybridized carbons (Fsp3) is 0.208. The predicted octanol–water partition coefficient (Wildman–Crippen LogP) is 3.59. The predicted molar refractivity (Wildman–Crippen MR) is 116 cm³/mol. The monoisotopic (exact) mass is 436 g/mol. The lowest BCUT2D eigenvalue weighted by molar-refractivity contribution is -0.136. The Morgan fingerprint density at radius 3 is 2.56 bits per heavy atom. The van der Waals surface area contributed by atoms with Gasteiger partial charge in [0, 0.05) is 23.2 Å². The smallest absolute Gasteiger partial charge is 0.305 e. The van der Waals surface area contributed by atoms with Gasteiger partial charge in [-0.05, 0) is 55.8 Å². The standard InChI is InChI=1S/C24H21FN2O5/c1-24(2)17(13-3-5-14(6-4-13)22(30)26-10-9-20(28)29)12-19(32-24)21-16-8-7-15(25)11-18(16)27-23(21)31/h3-8,11-12H,9-10H2,1-2H3,(H,26,30)(H,27,31)(H,28,29)/b21-19+. The summed E-state index contributed by atoms with van der Waals surface area (Å²) in [6.07, 6.45) is 1.64. The van der Waals surface area contributed by atoms with Gasteiger partial charge in [-0.3, -0.25) is 14.4 Å². The van der Waals surface area contributed by atoms with Crippen LogP contribution >= 0.6 is 0 Å². The molecule has 2 aromatic carbocycles. The summed E-state index contributed by atoms with van der Waals surface area (Å²) in [6.45, 7) is 3.79. The first-order valence-corrected chi connectivity index (χ1v) is 10.0.